The third-order valence-corrected chi connectivity index (χ3v) is 7.39. The van der Waals surface area contributed by atoms with Gasteiger partial charge in [0.1, 0.15) is 5.75 Å². The highest BCUT2D eigenvalue weighted by Crippen LogP contribution is 2.28. The van der Waals surface area contributed by atoms with E-state index in [0.717, 1.165) is 70.6 Å². The topological polar surface area (TPSA) is 98.2 Å². The smallest absolute Gasteiger partial charge is 0.252 e. The van der Waals surface area contributed by atoms with Gasteiger partial charge >= 0.3 is 0 Å². The molecule has 9 nitrogen and oxygen atoms in total. The van der Waals surface area contributed by atoms with Crippen molar-refractivity contribution in [2.24, 2.45) is 0 Å². The summed E-state index contributed by atoms with van der Waals surface area (Å²) in [6.45, 7) is 8.75. The molecular weight excluding hydrogens is 480 g/mol. The first-order valence-electron chi connectivity index (χ1n) is 13.3. The minimum atomic E-state index is -0.0947. The van der Waals surface area contributed by atoms with Crippen LogP contribution in [-0.2, 0) is 24.4 Å². The summed E-state index contributed by atoms with van der Waals surface area (Å²) in [5.74, 6) is 1.60. The van der Waals surface area contributed by atoms with Gasteiger partial charge in [-0.2, -0.15) is 0 Å². The van der Waals surface area contributed by atoms with Crippen molar-refractivity contribution in [3.8, 4) is 5.75 Å². The van der Waals surface area contributed by atoms with Crippen LogP contribution in [0.4, 0.5) is 0 Å². The summed E-state index contributed by atoms with van der Waals surface area (Å²) in [6, 6.07) is 14.2. The SMILES string of the molecule is CCC(c1nnnn1CC1CCCO1)N(Cc1ccc(OC)cc1)Cc1cc2c(C)cc(C)cc2[nH]c1=O. The Labute approximate surface area is 222 Å². The van der Waals surface area contributed by atoms with Gasteiger partial charge in [-0.15, -0.1) is 5.10 Å². The van der Waals surface area contributed by atoms with Crippen molar-refractivity contribution in [3.63, 3.8) is 0 Å². The molecule has 38 heavy (non-hydrogen) atoms. The number of nitrogens with zero attached hydrogens (tertiary/aromatic N) is 5. The molecule has 2 aromatic heterocycles. The van der Waals surface area contributed by atoms with E-state index >= 15 is 0 Å². The summed E-state index contributed by atoms with van der Waals surface area (Å²) in [5.41, 5.74) is 4.90. The number of fused-ring (bicyclic) bond motifs is 1. The Kier molecular flexibility index (Phi) is 7.85. The average Bonchev–Trinajstić information content (AvgIpc) is 3.58. The van der Waals surface area contributed by atoms with Crippen LogP contribution in [-0.4, -0.2) is 49.9 Å². The Morgan fingerprint density at radius 2 is 2.00 bits per heavy atom. The molecule has 0 saturated carbocycles. The van der Waals surface area contributed by atoms with Gasteiger partial charge in [0, 0.05) is 36.2 Å². The lowest BCUT2D eigenvalue weighted by molar-refractivity contribution is 0.0888. The maximum atomic E-state index is 13.3. The molecule has 3 heterocycles. The average molecular weight is 517 g/mol. The highest BCUT2D eigenvalue weighted by atomic mass is 16.5. The van der Waals surface area contributed by atoms with Gasteiger partial charge in [-0.3, -0.25) is 9.69 Å². The maximum absolute atomic E-state index is 13.3. The molecule has 200 valence electrons. The van der Waals surface area contributed by atoms with E-state index in [1.54, 1.807) is 7.11 Å². The lowest BCUT2D eigenvalue weighted by Crippen LogP contribution is -2.33. The molecule has 4 aromatic rings. The molecule has 0 aliphatic carbocycles. The van der Waals surface area contributed by atoms with Crippen LogP contribution >= 0.6 is 0 Å². The van der Waals surface area contributed by atoms with Crippen LogP contribution in [0.2, 0.25) is 0 Å². The van der Waals surface area contributed by atoms with E-state index in [-0.39, 0.29) is 17.7 Å². The van der Waals surface area contributed by atoms with Crippen molar-refractivity contribution >= 4 is 10.9 Å². The lowest BCUT2D eigenvalue weighted by atomic mass is 10.0. The first kappa shape index (κ1) is 26.1. The van der Waals surface area contributed by atoms with Crippen LogP contribution < -0.4 is 10.3 Å². The summed E-state index contributed by atoms with van der Waals surface area (Å²) in [4.78, 5) is 18.7. The van der Waals surface area contributed by atoms with E-state index in [9.17, 15) is 4.79 Å². The number of aromatic amines is 1. The number of nitrogens with one attached hydrogen (secondary N) is 1. The van der Waals surface area contributed by atoms with Gasteiger partial charge < -0.3 is 14.5 Å². The molecule has 2 atom stereocenters. The second-order valence-electron chi connectivity index (χ2n) is 10.2. The van der Waals surface area contributed by atoms with E-state index < -0.39 is 0 Å². The normalized spacial score (nSPS) is 16.4. The lowest BCUT2D eigenvalue weighted by Gasteiger charge is -2.30. The largest absolute Gasteiger partial charge is 0.497 e. The van der Waals surface area contributed by atoms with E-state index in [1.807, 2.05) is 35.9 Å². The van der Waals surface area contributed by atoms with E-state index in [0.29, 0.717) is 19.6 Å². The number of methoxy groups -OCH3 is 1. The van der Waals surface area contributed by atoms with Crippen LogP contribution in [0.5, 0.6) is 5.75 Å². The quantitative estimate of drug-likeness (QED) is 0.332. The van der Waals surface area contributed by atoms with E-state index in [4.69, 9.17) is 9.47 Å². The first-order valence-corrected chi connectivity index (χ1v) is 13.3. The van der Waals surface area contributed by atoms with Gasteiger partial charge in [-0.05, 0) is 84.5 Å². The Morgan fingerprint density at radius 3 is 2.71 bits per heavy atom. The predicted molar refractivity (Wildman–Crippen MR) is 146 cm³/mol. The molecule has 2 unspecified atom stereocenters. The number of tetrazole rings is 1. The number of hydrogen-bond donors (Lipinski definition) is 1. The minimum Gasteiger partial charge on any atom is -0.497 e. The Balaban J connectivity index is 1.51. The Morgan fingerprint density at radius 1 is 1.18 bits per heavy atom. The molecule has 1 aliphatic rings. The molecule has 0 amide bonds. The fourth-order valence-corrected chi connectivity index (χ4v) is 5.46. The monoisotopic (exact) mass is 516 g/mol. The Hall–Kier alpha value is -3.56. The number of rotatable bonds is 10. The number of ether oxygens (including phenoxy) is 2. The fourth-order valence-electron chi connectivity index (χ4n) is 5.46. The second kappa shape index (κ2) is 11.4. The van der Waals surface area contributed by atoms with Gasteiger partial charge in [0.05, 0.1) is 25.8 Å². The minimum absolute atomic E-state index is 0.0731. The molecule has 2 aromatic carbocycles. The number of aryl methyl sites for hydroxylation is 2. The zero-order valence-corrected chi connectivity index (χ0v) is 22.6. The van der Waals surface area contributed by atoms with Crippen LogP contribution in [0.25, 0.3) is 10.9 Å². The van der Waals surface area contributed by atoms with Gasteiger partial charge in [-0.25, -0.2) is 4.68 Å². The van der Waals surface area contributed by atoms with E-state index in [1.165, 1.54) is 0 Å². The summed E-state index contributed by atoms with van der Waals surface area (Å²) in [5, 5.41) is 13.9. The number of aromatic nitrogens is 5. The highest BCUT2D eigenvalue weighted by Gasteiger charge is 2.28. The number of hydrogen-bond acceptors (Lipinski definition) is 7. The molecule has 9 heteroatoms. The summed E-state index contributed by atoms with van der Waals surface area (Å²) in [7, 11) is 1.66. The van der Waals surface area contributed by atoms with Crippen molar-refractivity contribution in [3.05, 3.63) is 80.9 Å². The van der Waals surface area contributed by atoms with E-state index in [2.05, 4.69) is 57.5 Å². The van der Waals surface area contributed by atoms with Crippen molar-refractivity contribution in [2.45, 2.75) is 71.8 Å². The Bertz CT molecular complexity index is 1440. The summed E-state index contributed by atoms with van der Waals surface area (Å²) in [6.07, 6.45) is 2.98. The summed E-state index contributed by atoms with van der Waals surface area (Å²) >= 11 is 0. The molecule has 0 radical (unpaired) electrons. The molecule has 1 saturated heterocycles. The van der Waals surface area contributed by atoms with Crippen LogP contribution in [0, 0.1) is 13.8 Å². The molecular formula is C29H36N6O3. The zero-order valence-electron chi connectivity index (χ0n) is 22.6. The third-order valence-electron chi connectivity index (χ3n) is 7.39. The van der Waals surface area contributed by atoms with Crippen LogP contribution in [0.1, 0.15) is 60.3 Å². The van der Waals surface area contributed by atoms with Gasteiger partial charge in [0.2, 0.25) is 0 Å². The second-order valence-corrected chi connectivity index (χ2v) is 10.2. The van der Waals surface area contributed by atoms with Crippen molar-refractivity contribution in [1.29, 1.82) is 0 Å². The maximum Gasteiger partial charge on any atom is 0.252 e. The zero-order chi connectivity index (χ0) is 26.6. The van der Waals surface area contributed by atoms with Gasteiger partial charge in [0.15, 0.2) is 5.82 Å². The van der Waals surface area contributed by atoms with Crippen LogP contribution in [0.15, 0.2) is 47.3 Å². The third kappa shape index (κ3) is 5.63. The molecule has 1 fully saturated rings. The molecule has 0 spiro atoms. The molecule has 1 aliphatic heterocycles. The van der Waals surface area contributed by atoms with Crippen LogP contribution in [0.3, 0.4) is 0 Å². The van der Waals surface area contributed by atoms with Gasteiger partial charge in [-0.1, -0.05) is 25.1 Å². The number of benzene rings is 2. The standard InChI is InChI=1S/C29H36N6O3/c1-5-27(28-31-32-33-35(28)18-24-7-6-12-38-24)34(16-21-8-10-23(37-4)11-9-21)17-22-15-25-20(3)13-19(2)14-26(25)30-29(22)36/h8-11,13-15,24,27H,5-7,12,16-18H2,1-4H3,(H,30,36). The first-order chi connectivity index (χ1) is 18.4. The van der Waals surface area contributed by atoms with Crippen molar-refractivity contribution < 1.29 is 9.47 Å². The van der Waals surface area contributed by atoms with Crippen molar-refractivity contribution in [1.82, 2.24) is 30.1 Å². The molecule has 5 rings (SSSR count). The van der Waals surface area contributed by atoms with Crippen molar-refractivity contribution in [2.75, 3.05) is 13.7 Å². The van der Waals surface area contributed by atoms with Gasteiger partial charge in [0.25, 0.3) is 5.56 Å². The molecule has 0 bridgehead atoms. The molecule has 1 N–H and O–H groups in total. The number of pyridine rings is 1. The number of H-pyrrole nitrogens is 1. The predicted octanol–water partition coefficient (Wildman–Crippen LogP) is 4.47. The summed E-state index contributed by atoms with van der Waals surface area (Å²) < 4.78 is 13.1. The highest BCUT2D eigenvalue weighted by molar-refractivity contribution is 5.83. The fraction of sp³-hybridized carbons (Fsp3) is 0.448.